The molecule has 18 heavy (non-hydrogen) atoms. The van der Waals surface area contributed by atoms with Gasteiger partial charge >= 0.3 is 0 Å². The minimum Gasteiger partial charge on any atom is -0.438 e. The summed E-state index contributed by atoms with van der Waals surface area (Å²) < 4.78 is 5.70. The molecule has 0 spiro atoms. The predicted octanol–water partition coefficient (Wildman–Crippen LogP) is 3.03. The molecule has 0 aliphatic heterocycles. The van der Waals surface area contributed by atoms with E-state index in [9.17, 15) is 5.11 Å². The van der Waals surface area contributed by atoms with Gasteiger partial charge < -0.3 is 9.84 Å². The number of nitrogens with zero attached hydrogens (tertiary/aromatic N) is 2. The molecule has 1 heterocycles. The average Bonchev–Trinajstić information content (AvgIpc) is 2.36. The van der Waals surface area contributed by atoms with Crippen LogP contribution in [-0.4, -0.2) is 15.1 Å². The number of rotatable bonds is 3. The van der Waals surface area contributed by atoms with Crippen LogP contribution >= 0.6 is 11.6 Å². The van der Waals surface area contributed by atoms with Crippen LogP contribution in [0.1, 0.15) is 17.0 Å². The van der Waals surface area contributed by atoms with Crippen LogP contribution in [-0.2, 0) is 6.61 Å². The minimum atomic E-state index is -0.0903. The molecule has 1 N–H and O–H groups in total. The molecule has 0 bridgehead atoms. The van der Waals surface area contributed by atoms with E-state index in [4.69, 9.17) is 16.3 Å². The number of ether oxygens (including phenoxy) is 1. The maximum absolute atomic E-state index is 9.24. The Morgan fingerprint density at radius 3 is 2.67 bits per heavy atom. The molecule has 2 aromatic rings. The third-order valence-corrected chi connectivity index (χ3v) is 2.87. The number of aryl methyl sites for hydroxylation is 1. The number of hydrogen-bond acceptors (Lipinski definition) is 4. The Labute approximate surface area is 110 Å². The van der Waals surface area contributed by atoms with E-state index in [0.29, 0.717) is 33.7 Å². The molecule has 94 valence electrons. The first-order valence-electron chi connectivity index (χ1n) is 5.49. The van der Waals surface area contributed by atoms with E-state index >= 15 is 0 Å². The molecular weight excluding hydrogens is 252 g/mol. The number of aliphatic hydroxyl groups is 1. The van der Waals surface area contributed by atoms with Crippen LogP contribution in [0.2, 0.25) is 5.15 Å². The van der Waals surface area contributed by atoms with E-state index in [0.717, 1.165) is 0 Å². The Bertz CT molecular complexity index is 573. The van der Waals surface area contributed by atoms with Crippen LogP contribution in [0.15, 0.2) is 24.3 Å². The van der Waals surface area contributed by atoms with Crippen molar-refractivity contribution >= 4 is 11.6 Å². The molecule has 1 aromatic carbocycles. The summed E-state index contributed by atoms with van der Waals surface area (Å²) in [6.45, 7) is 3.45. The Kier molecular flexibility index (Phi) is 3.79. The predicted molar refractivity (Wildman–Crippen MR) is 69.0 cm³/mol. The fourth-order valence-corrected chi connectivity index (χ4v) is 1.71. The van der Waals surface area contributed by atoms with E-state index in [1.54, 1.807) is 26.0 Å². The third kappa shape index (κ3) is 2.60. The van der Waals surface area contributed by atoms with Gasteiger partial charge in [-0.2, -0.15) is 4.98 Å². The van der Waals surface area contributed by atoms with Gasteiger partial charge in [-0.15, -0.1) is 0 Å². The fraction of sp³-hybridized carbons (Fsp3) is 0.231. The lowest BCUT2D eigenvalue weighted by molar-refractivity contribution is 0.276. The second-order valence-electron chi connectivity index (χ2n) is 3.86. The molecule has 0 aliphatic carbocycles. The number of hydrogen-bond donors (Lipinski definition) is 1. The van der Waals surface area contributed by atoms with Crippen molar-refractivity contribution in [2.24, 2.45) is 0 Å². The molecule has 0 saturated carbocycles. The summed E-state index contributed by atoms with van der Waals surface area (Å²) >= 11 is 5.98. The van der Waals surface area contributed by atoms with Crippen LogP contribution < -0.4 is 4.74 Å². The standard InChI is InChI=1S/C13H13ClN2O2/c1-8-12(14)15-9(2)16-13(8)18-11-6-4-3-5-10(11)7-17/h3-6,17H,7H2,1-2H3. The van der Waals surface area contributed by atoms with Crippen LogP contribution in [0.5, 0.6) is 11.6 Å². The molecule has 4 nitrogen and oxygen atoms in total. The van der Waals surface area contributed by atoms with Crippen molar-refractivity contribution in [3.8, 4) is 11.6 Å². The van der Waals surface area contributed by atoms with Crippen molar-refractivity contribution in [1.82, 2.24) is 9.97 Å². The lowest BCUT2D eigenvalue weighted by Crippen LogP contribution is -1.99. The van der Waals surface area contributed by atoms with Gasteiger partial charge in [-0.25, -0.2) is 4.98 Å². The smallest absolute Gasteiger partial charge is 0.226 e. The molecule has 0 unspecified atom stereocenters. The highest BCUT2D eigenvalue weighted by atomic mass is 35.5. The number of aliphatic hydroxyl groups excluding tert-OH is 1. The Morgan fingerprint density at radius 2 is 1.94 bits per heavy atom. The zero-order chi connectivity index (χ0) is 13.1. The summed E-state index contributed by atoms with van der Waals surface area (Å²) in [6.07, 6.45) is 0. The van der Waals surface area contributed by atoms with Gasteiger partial charge in [0.25, 0.3) is 0 Å². The highest BCUT2D eigenvalue weighted by Crippen LogP contribution is 2.28. The maximum Gasteiger partial charge on any atom is 0.226 e. The van der Waals surface area contributed by atoms with Crippen LogP contribution in [0, 0.1) is 13.8 Å². The van der Waals surface area contributed by atoms with Gasteiger partial charge in [-0.3, -0.25) is 0 Å². The largest absolute Gasteiger partial charge is 0.438 e. The third-order valence-electron chi connectivity index (χ3n) is 2.50. The average molecular weight is 265 g/mol. The molecule has 0 amide bonds. The second-order valence-corrected chi connectivity index (χ2v) is 4.22. The normalized spacial score (nSPS) is 10.4. The summed E-state index contributed by atoms with van der Waals surface area (Å²) in [7, 11) is 0. The lowest BCUT2D eigenvalue weighted by atomic mass is 10.2. The van der Waals surface area contributed by atoms with E-state index in [1.807, 2.05) is 12.1 Å². The molecule has 0 atom stereocenters. The fourth-order valence-electron chi connectivity index (χ4n) is 1.51. The number of aromatic nitrogens is 2. The molecular formula is C13H13ClN2O2. The quantitative estimate of drug-likeness (QED) is 0.866. The first-order chi connectivity index (χ1) is 8.61. The van der Waals surface area contributed by atoms with E-state index in [1.165, 1.54) is 0 Å². The van der Waals surface area contributed by atoms with Crippen molar-refractivity contribution in [2.45, 2.75) is 20.5 Å². The summed E-state index contributed by atoms with van der Waals surface area (Å²) in [5, 5.41) is 9.61. The highest BCUT2D eigenvalue weighted by molar-refractivity contribution is 6.30. The van der Waals surface area contributed by atoms with Gasteiger partial charge in [0.15, 0.2) is 0 Å². The Morgan fingerprint density at radius 1 is 1.22 bits per heavy atom. The van der Waals surface area contributed by atoms with Crippen molar-refractivity contribution < 1.29 is 9.84 Å². The van der Waals surface area contributed by atoms with Crippen molar-refractivity contribution in [1.29, 1.82) is 0 Å². The van der Waals surface area contributed by atoms with Gasteiger partial charge in [-0.05, 0) is 19.9 Å². The zero-order valence-electron chi connectivity index (χ0n) is 10.1. The van der Waals surface area contributed by atoms with E-state index in [2.05, 4.69) is 9.97 Å². The van der Waals surface area contributed by atoms with Crippen LogP contribution in [0.4, 0.5) is 0 Å². The Hall–Kier alpha value is -1.65. The number of benzene rings is 1. The summed E-state index contributed by atoms with van der Waals surface area (Å²) in [4.78, 5) is 8.25. The number of halogens is 1. The van der Waals surface area contributed by atoms with Crippen LogP contribution in [0.3, 0.4) is 0 Å². The summed E-state index contributed by atoms with van der Waals surface area (Å²) in [5.74, 6) is 1.52. The molecule has 0 aliphatic rings. The SMILES string of the molecule is Cc1nc(Cl)c(C)c(Oc2ccccc2CO)n1. The molecule has 0 radical (unpaired) electrons. The zero-order valence-corrected chi connectivity index (χ0v) is 10.9. The van der Waals surface area contributed by atoms with Gasteiger partial charge in [0.2, 0.25) is 5.88 Å². The number of para-hydroxylation sites is 1. The lowest BCUT2D eigenvalue weighted by Gasteiger charge is -2.11. The maximum atomic E-state index is 9.24. The van der Waals surface area contributed by atoms with Crippen LogP contribution in [0.25, 0.3) is 0 Å². The second kappa shape index (κ2) is 5.33. The molecule has 2 rings (SSSR count). The van der Waals surface area contributed by atoms with E-state index < -0.39 is 0 Å². The van der Waals surface area contributed by atoms with Crippen molar-refractivity contribution in [3.63, 3.8) is 0 Å². The first-order valence-corrected chi connectivity index (χ1v) is 5.87. The monoisotopic (exact) mass is 264 g/mol. The van der Waals surface area contributed by atoms with E-state index in [-0.39, 0.29) is 6.61 Å². The van der Waals surface area contributed by atoms with Gasteiger partial charge in [0, 0.05) is 11.1 Å². The minimum absolute atomic E-state index is 0.0903. The first kappa shape index (κ1) is 12.8. The summed E-state index contributed by atoms with van der Waals surface area (Å²) in [5.41, 5.74) is 1.37. The highest BCUT2D eigenvalue weighted by Gasteiger charge is 2.11. The van der Waals surface area contributed by atoms with Crippen molar-refractivity contribution in [3.05, 3.63) is 46.4 Å². The van der Waals surface area contributed by atoms with Gasteiger partial charge in [0.1, 0.15) is 16.7 Å². The molecule has 0 saturated heterocycles. The molecule has 1 aromatic heterocycles. The van der Waals surface area contributed by atoms with Gasteiger partial charge in [0.05, 0.1) is 6.61 Å². The molecule has 5 heteroatoms. The van der Waals surface area contributed by atoms with Crippen molar-refractivity contribution in [2.75, 3.05) is 0 Å². The topological polar surface area (TPSA) is 55.2 Å². The Balaban J connectivity index is 2.40. The summed E-state index contributed by atoms with van der Waals surface area (Å²) in [6, 6.07) is 7.24. The molecule has 0 fully saturated rings. The van der Waals surface area contributed by atoms with Gasteiger partial charge in [-0.1, -0.05) is 29.8 Å².